The molecule has 2 aromatic heterocycles. The number of aromatic nitrogens is 3. The van der Waals surface area contributed by atoms with Crippen LogP contribution in [0.5, 0.6) is 0 Å². The lowest BCUT2D eigenvalue weighted by molar-refractivity contribution is -0.0888. The molecule has 4 heterocycles. The molecule has 2 fully saturated rings. The highest BCUT2D eigenvalue weighted by Crippen LogP contribution is 2.33. The fourth-order valence-electron chi connectivity index (χ4n) is 3.82. The minimum atomic E-state index is -0.617. The molecule has 0 aliphatic carbocycles. The first-order chi connectivity index (χ1) is 11.2. The quantitative estimate of drug-likeness (QED) is 0.935. The lowest BCUT2D eigenvalue weighted by atomic mass is 9.90. The topological polar surface area (TPSA) is 62.9 Å². The highest BCUT2D eigenvalue weighted by Gasteiger charge is 2.35. The molecule has 1 atom stereocenters. The number of likely N-dealkylation sites (tertiary alicyclic amines) is 1. The summed E-state index contributed by atoms with van der Waals surface area (Å²) in [5.41, 5.74) is 1.36. The number of piperidine rings is 1. The van der Waals surface area contributed by atoms with Gasteiger partial charge < -0.3 is 9.84 Å². The van der Waals surface area contributed by atoms with E-state index in [9.17, 15) is 5.11 Å². The molecule has 2 saturated heterocycles. The fourth-order valence-corrected chi connectivity index (χ4v) is 3.82. The molecule has 2 aliphatic rings. The molecule has 0 saturated carbocycles. The minimum Gasteiger partial charge on any atom is -0.388 e. The molecule has 0 radical (unpaired) electrons. The Bertz CT molecular complexity index is 665. The first kappa shape index (κ1) is 15.1. The van der Waals surface area contributed by atoms with Crippen molar-refractivity contribution in [1.29, 1.82) is 0 Å². The van der Waals surface area contributed by atoms with Gasteiger partial charge in [0.2, 0.25) is 0 Å². The van der Waals surface area contributed by atoms with Crippen LogP contribution in [0.15, 0.2) is 24.5 Å². The fraction of sp³-hybridized carbons (Fsp3) is 0.647. The van der Waals surface area contributed by atoms with E-state index < -0.39 is 5.60 Å². The maximum atomic E-state index is 10.9. The van der Waals surface area contributed by atoms with Crippen molar-refractivity contribution in [3.05, 3.63) is 30.2 Å². The zero-order valence-electron chi connectivity index (χ0n) is 13.4. The number of fused-ring (bicyclic) bond motifs is 1. The summed E-state index contributed by atoms with van der Waals surface area (Å²) in [4.78, 5) is 7.20. The third-order valence-electron chi connectivity index (χ3n) is 5.16. The number of hydrogen-bond acceptors (Lipinski definition) is 5. The van der Waals surface area contributed by atoms with E-state index in [-0.39, 0.29) is 6.04 Å². The van der Waals surface area contributed by atoms with Crippen LogP contribution in [0.4, 0.5) is 0 Å². The van der Waals surface area contributed by atoms with E-state index in [1.165, 1.54) is 12.8 Å². The van der Waals surface area contributed by atoms with E-state index in [1.54, 1.807) is 10.7 Å². The molecule has 2 aliphatic heterocycles. The summed E-state index contributed by atoms with van der Waals surface area (Å²) in [5, 5.41) is 15.1. The van der Waals surface area contributed by atoms with E-state index in [0.29, 0.717) is 19.8 Å². The smallest absolute Gasteiger partial charge is 0.155 e. The number of ether oxygens (including phenoxy) is 1. The van der Waals surface area contributed by atoms with Crippen LogP contribution in [-0.2, 0) is 4.74 Å². The third kappa shape index (κ3) is 3.11. The normalized spacial score (nSPS) is 25.7. The zero-order valence-corrected chi connectivity index (χ0v) is 13.4. The van der Waals surface area contributed by atoms with Gasteiger partial charge >= 0.3 is 0 Å². The first-order valence-corrected chi connectivity index (χ1v) is 8.58. The lowest BCUT2D eigenvalue weighted by Crippen LogP contribution is -2.49. The Balaban J connectivity index is 1.57. The Morgan fingerprint density at radius 3 is 3.00 bits per heavy atom. The highest BCUT2D eigenvalue weighted by molar-refractivity contribution is 5.37. The maximum absolute atomic E-state index is 10.9. The van der Waals surface area contributed by atoms with Crippen LogP contribution in [0.25, 0.3) is 5.65 Å². The maximum Gasteiger partial charge on any atom is 0.155 e. The Morgan fingerprint density at radius 1 is 1.26 bits per heavy atom. The molecule has 124 valence electrons. The number of aliphatic hydroxyl groups is 1. The predicted octanol–water partition coefficient (Wildman–Crippen LogP) is 1.80. The van der Waals surface area contributed by atoms with Gasteiger partial charge in [-0.2, -0.15) is 5.10 Å². The summed E-state index contributed by atoms with van der Waals surface area (Å²) in [5.74, 6) is 0. The summed E-state index contributed by atoms with van der Waals surface area (Å²) >= 11 is 0. The van der Waals surface area contributed by atoms with E-state index in [0.717, 1.165) is 37.1 Å². The van der Waals surface area contributed by atoms with Gasteiger partial charge in [0.05, 0.1) is 23.5 Å². The molecule has 0 bridgehead atoms. The number of hydrogen-bond donors (Lipinski definition) is 1. The molecule has 0 amide bonds. The van der Waals surface area contributed by atoms with Crippen molar-refractivity contribution in [3.8, 4) is 0 Å². The monoisotopic (exact) mass is 316 g/mol. The van der Waals surface area contributed by atoms with Crippen molar-refractivity contribution >= 4 is 5.65 Å². The van der Waals surface area contributed by atoms with Gasteiger partial charge in [0.25, 0.3) is 0 Å². The van der Waals surface area contributed by atoms with Gasteiger partial charge in [0, 0.05) is 44.9 Å². The van der Waals surface area contributed by atoms with Gasteiger partial charge in [0.15, 0.2) is 5.65 Å². The van der Waals surface area contributed by atoms with Gasteiger partial charge in [-0.05, 0) is 25.5 Å². The predicted molar refractivity (Wildman–Crippen MR) is 86.2 cm³/mol. The van der Waals surface area contributed by atoms with Crippen LogP contribution in [0.2, 0.25) is 0 Å². The molecule has 0 aromatic carbocycles. The van der Waals surface area contributed by atoms with Gasteiger partial charge in [-0.1, -0.05) is 6.42 Å². The molecule has 0 unspecified atom stereocenters. The molecule has 1 N–H and O–H groups in total. The van der Waals surface area contributed by atoms with Crippen molar-refractivity contribution in [3.63, 3.8) is 0 Å². The summed E-state index contributed by atoms with van der Waals surface area (Å²) in [7, 11) is 0. The molecule has 6 nitrogen and oxygen atoms in total. The van der Waals surface area contributed by atoms with E-state index >= 15 is 0 Å². The largest absolute Gasteiger partial charge is 0.388 e. The van der Waals surface area contributed by atoms with Crippen LogP contribution >= 0.6 is 0 Å². The average molecular weight is 316 g/mol. The number of β-amino-alcohol motifs (C(OH)–C–C–N with tert-alkyl or cyclic N) is 1. The number of rotatable bonds is 3. The molecule has 6 heteroatoms. The SMILES string of the molecule is OC1(CN2CCCC[C@@H]2c2ccn3nccc3n2)CCOCC1. The standard InChI is InChI=1S/C17H24N4O2/c22-17(6-11-23-12-7-17)13-20-9-2-1-3-15(20)14-5-10-21-16(19-14)4-8-18-21/h4-5,8,10,15,22H,1-3,6-7,9,11-13H2/t15-/m1/s1. The Morgan fingerprint density at radius 2 is 2.13 bits per heavy atom. The minimum absolute atomic E-state index is 0.288. The first-order valence-electron chi connectivity index (χ1n) is 8.58. The van der Waals surface area contributed by atoms with Crippen molar-refractivity contribution < 1.29 is 9.84 Å². The Labute approximate surface area is 136 Å². The summed E-state index contributed by atoms with van der Waals surface area (Å²) in [6.07, 6.45) is 8.72. The second-order valence-corrected chi connectivity index (χ2v) is 6.81. The van der Waals surface area contributed by atoms with Crippen LogP contribution < -0.4 is 0 Å². The Hall–Kier alpha value is -1.50. The molecule has 2 aromatic rings. The molecule has 23 heavy (non-hydrogen) atoms. The van der Waals surface area contributed by atoms with Gasteiger partial charge in [-0.25, -0.2) is 9.50 Å². The van der Waals surface area contributed by atoms with Crippen LogP contribution in [-0.4, -0.2) is 56.5 Å². The molecular weight excluding hydrogens is 292 g/mol. The second kappa shape index (κ2) is 6.19. The second-order valence-electron chi connectivity index (χ2n) is 6.81. The van der Waals surface area contributed by atoms with Crippen molar-refractivity contribution in [2.45, 2.75) is 43.7 Å². The van der Waals surface area contributed by atoms with Gasteiger partial charge in [0.1, 0.15) is 0 Å². The molecular formula is C17H24N4O2. The molecule has 4 rings (SSSR count). The molecule has 0 spiro atoms. The zero-order chi connectivity index (χ0) is 15.7. The summed E-state index contributed by atoms with van der Waals surface area (Å²) in [6, 6.07) is 4.29. The van der Waals surface area contributed by atoms with Crippen LogP contribution in [0.1, 0.15) is 43.8 Å². The lowest BCUT2D eigenvalue weighted by Gasteiger charge is -2.42. The summed E-state index contributed by atoms with van der Waals surface area (Å²) in [6.45, 7) is 3.07. The number of nitrogens with zero attached hydrogens (tertiary/aromatic N) is 4. The van der Waals surface area contributed by atoms with E-state index in [2.05, 4.69) is 16.1 Å². The van der Waals surface area contributed by atoms with Crippen LogP contribution in [0, 0.1) is 0 Å². The van der Waals surface area contributed by atoms with Crippen molar-refractivity contribution in [1.82, 2.24) is 19.5 Å². The summed E-state index contributed by atoms with van der Waals surface area (Å²) < 4.78 is 7.20. The van der Waals surface area contributed by atoms with E-state index in [4.69, 9.17) is 9.72 Å². The third-order valence-corrected chi connectivity index (χ3v) is 5.16. The van der Waals surface area contributed by atoms with Crippen molar-refractivity contribution in [2.24, 2.45) is 0 Å². The van der Waals surface area contributed by atoms with Crippen LogP contribution in [0.3, 0.4) is 0 Å². The van der Waals surface area contributed by atoms with E-state index in [1.807, 2.05) is 12.3 Å². The highest BCUT2D eigenvalue weighted by atomic mass is 16.5. The average Bonchev–Trinajstić information content (AvgIpc) is 3.03. The Kier molecular flexibility index (Phi) is 4.05. The van der Waals surface area contributed by atoms with Gasteiger partial charge in [-0.3, -0.25) is 4.90 Å². The van der Waals surface area contributed by atoms with Crippen molar-refractivity contribution in [2.75, 3.05) is 26.3 Å². The van der Waals surface area contributed by atoms with Gasteiger partial charge in [-0.15, -0.1) is 0 Å².